The molecule has 0 bridgehead atoms. The van der Waals surface area contributed by atoms with Gasteiger partial charge in [0.05, 0.1) is 0 Å². The maximum atomic E-state index is 6.13. The van der Waals surface area contributed by atoms with E-state index in [1.165, 1.54) is 31.0 Å². The summed E-state index contributed by atoms with van der Waals surface area (Å²) in [6.07, 6.45) is 2.54. The molecule has 0 unspecified atom stereocenters. The quantitative estimate of drug-likeness (QED) is 0.460. The predicted octanol–water partition coefficient (Wildman–Crippen LogP) is 3.40. The van der Waals surface area contributed by atoms with Crippen LogP contribution in [0.25, 0.3) is 0 Å². The lowest BCUT2D eigenvalue weighted by atomic mass is 10.3. The zero-order chi connectivity index (χ0) is 11.6. The summed E-state index contributed by atoms with van der Waals surface area (Å²) in [5.41, 5.74) is 0. The largest absolute Gasteiger partial charge is 0.416 e. The highest BCUT2D eigenvalue weighted by molar-refractivity contribution is 6.73. The number of unbranched alkanes of at least 4 members (excludes halogenated alkanes) is 1. The van der Waals surface area contributed by atoms with Crippen molar-refractivity contribution in [3.8, 4) is 0 Å². The number of hydrogen-bond donors (Lipinski definition) is 1. The lowest BCUT2D eigenvalue weighted by molar-refractivity contribution is 0.296. The van der Waals surface area contributed by atoms with E-state index in [4.69, 9.17) is 4.43 Å². The van der Waals surface area contributed by atoms with Crippen LogP contribution in [0.15, 0.2) is 0 Å². The number of nitrogens with one attached hydrogen (secondary N) is 1. The average Bonchev–Trinajstić information content (AvgIpc) is 2.29. The first-order chi connectivity index (χ1) is 7.24. The molecule has 1 N–H and O–H groups in total. The van der Waals surface area contributed by atoms with Crippen molar-refractivity contribution in [1.29, 1.82) is 0 Å². The molecule has 0 atom stereocenters. The van der Waals surface area contributed by atoms with Crippen molar-refractivity contribution in [3.05, 3.63) is 0 Å². The molecule has 0 rings (SSSR count). The van der Waals surface area contributed by atoms with Gasteiger partial charge in [-0.2, -0.15) is 0 Å². The summed E-state index contributed by atoms with van der Waals surface area (Å²) in [6.45, 7) is 12.1. The molecule has 0 amide bonds. The van der Waals surface area contributed by atoms with E-state index in [1.54, 1.807) is 0 Å². The number of hydrogen-bond acceptors (Lipinski definition) is 2. The van der Waals surface area contributed by atoms with Gasteiger partial charge in [-0.05, 0) is 31.1 Å². The summed E-state index contributed by atoms with van der Waals surface area (Å²) in [4.78, 5) is 0. The van der Waals surface area contributed by atoms with Crippen LogP contribution in [0.2, 0.25) is 18.1 Å². The van der Waals surface area contributed by atoms with E-state index in [0.717, 1.165) is 19.7 Å². The summed E-state index contributed by atoms with van der Waals surface area (Å²) in [6, 6.07) is 3.78. The molecule has 0 radical (unpaired) electrons. The number of rotatable bonds is 10. The van der Waals surface area contributed by atoms with E-state index >= 15 is 0 Å². The minimum absolute atomic E-state index is 0.908. The lowest BCUT2D eigenvalue weighted by Gasteiger charge is -2.28. The van der Waals surface area contributed by atoms with E-state index < -0.39 is 8.32 Å². The fourth-order valence-electron chi connectivity index (χ4n) is 1.82. The zero-order valence-corrected chi connectivity index (χ0v) is 12.1. The molecule has 3 heteroatoms. The standard InChI is InChI=1S/C12H29NOSi/c1-5-9-10-13-11-12-14-15(6-2,7-3)8-4/h13H,5-12H2,1-4H3. The average molecular weight is 231 g/mol. The van der Waals surface area contributed by atoms with Gasteiger partial charge in [-0.1, -0.05) is 34.1 Å². The van der Waals surface area contributed by atoms with E-state index in [-0.39, 0.29) is 0 Å². The molecule has 0 aliphatic heterocycles. The molecule has 0 aliphatic carbocycles. The van der Waals surface area contributed by atoms with Crippen LogP contribution in [0.4, 0.5) is 0 Å². The second-order valence-corrected chi connectivity index (χ2v) is 8.97. The first-order valence-corrected chi connectivity index (χ1v) is 9.12. The highest BCUT2D eigenvalue weighted by Crippen LogP contribution is 2.20. The zero-order valence-electron chi connectivity index (χ0n) is 11.1. The lowest BCUT2D eigenvalue weighted by Crippen LogP contribution is -2.38. The van der Waals surface area contributed by atoms with Gasteiger partial charge in [0.15, 0.2) is 8.32 Å². The van der Waals surface area contributed by atoms with Gasteiger partial charge in [0, 0.05) is 13.2 Å². The molecule has 15 heavy (non-hydrogen) atoms. The van der Waals surface area contributed by atoms with Gasteiger partial charge in [-0.25, -0.2) is 0 Å². The maximum Gasteiger partial charge on any atom is 0.192 e. The Labute approximate surface area is 96.9 Å². The Kier molecular flexibility index (Phi) is 9.45. The third-order valence-electron chi connectivity index (χ3n) is 3.33. The van der Waals surface area contributed by atoms with Gasteiger partial charge in [0.1, 0.15) is 0 Å². The topological polar surface area (TPSA) is 21.3 Å². The molecule has 0 fully saturated rings. The third kappa shape index (κ3) is 6.33. The van der Waals surface area contributed by atoms with Crippen molar-refractivity contribution >= 4 is 8.32 Å². The normalized spacial score (nSPS) is 12.0. The van der Waals surface area contributed by atoms with Crippen molar-refractivity contribution in [3.63, 3.8) is 0 Å². The van der Waals surface area contributed by atoms with E-state index in [9.17, 15) is 0 Å². The van der Waals surface area contributed by atoms with Crippen LogP contribution in [0.5, 0.6) is 0 Å². The molecule has 0 aromatic heterocycles. The third-order valence-corrected chi connectivity index (χ3v) is 8.01. The van der Waals surface area contributed by atoms with Crippen molar-refractivity contribution < 1.29 is 4.43 Å². The van der Waals surface area contributed by atoms with Crippen LogP contribution >= 0.6 is 0 Å². The van der Waals surface area contributed by atoms with Gasteiger partial charge in [-0.3, -0.25) is 0 Å². The molecule has 0 aromatic rings. The highest BCUT2D eigenvalue weighted by atomic mass is 28.4. The van der Waals surface area contributed by atoms with Gasteiger partial charge >= 0.3 is 0 Å². The van der Waals surface area contributed by atoms with E-state index in [1.807, 2.05) is 0 Å². The first-order valence-electron chi connectivity index (χ1n) is 6.59. The second kappa shape index (κ2) is 9.37. The summed E-state index contributed by atoms with van der Waals surface area (Å²) < 4.78 is 6.13. The molecular weight excluding hydrogens is 202 g/mol. The Balaban J connectivity index is 3.54. The van der Waals surface area contributed by atoms with Gasteiger partial charge in [0.2, 0.25) is 0 Å². The van der Waals surface area contributed by atoms with E-state index in [0.29, 0.717) is 0 Å². The van der Waals surface area contributed by atoms with Crippen LogP contribution in [0.3, 0.4) is 0 Å². The van der Waals surface area contributed by atoms with Gasteiger partial charge in [0.25, 0.3) is 0 Å². The van der Waals surface area contributed by atoms with Crippen molar-refractivity contribution in [1.82, 2.24) is 5.32 Å². The molecule has 0 saturated heterocycles. The summed E-state index contributed by atoms with van der Waals surface area (Å²) >= 11 is 0. The minimum atomic E-state index is -1.33. The van der Waals surface area contributed by atoms with Crippen LogP contribution in [-0.4, -0.2) is 28.0 Å². The molecular formula is C12H29NOSi. The Hall–Kier alpha value is 0.137. The Morgan fingerprint density at radius 1 is 0.933 bits per heavy atom. The summed E-state index contributed by atoms with van der Waals surface area (Å²) in [7, 11) is -1.33. The molecule has 92 valence electrons. The maximum absolute atomic E-state index is 6.13. The molecule has 0 saturated carbocycles. The van der Waals surface area contributed by atoms with Crippen LogP contribution in [0, 0.1) is 0 Å². The predicted molar refractivity (Wildman–Crippen MR) is 70.9 cm³/mol. The Morgan fingerprint density at radius 3 is 2.00 bits per heavy atom. The van der Waals surface area contributed by atoms with Crippen LogP contribution in [-0.2, 0) is 4.43 Å². The van der Waals surface area contributed by atoms with Crippen LogP contribution < -0.4 is 5.32 Å². The highest BCUT2D eigenvalue weighted by Gasteiger charge is 2.27. The Bertz CT molecular complexity index is 129. The second-order valence-electron chi connectivity index (χ2n) is 4.20. The monoisotopic (exact) mass is 231 g/mol. The van der Waals surface area contributed by atoms with E-state index in [2.05, 4.69) is 33.0 Å². The van der Waals surface area contributed by atoms with Gasteiger partial charge in [-0.15, -0.1) is 0 Å². The molecule has 0 aliphatic rings. The van der Waals surface area contributed by atoms with Crippen molar-refractivity contribution in [2.45, 2.75) is 58.7 Å². The SMILES string of the molecule is CCCCNCCO[Si](CC)(CC)CC. The summed E-state index contributed by atoms with van der Waals surface area (Å²) in [5, 5.41) is 3.43. The minimum Gasteiger partial charge on any atom is -0.416 e. The van der Waals surface area contributed by atoms with Crippen molar-refractivity contribution in [2.24, 2.45) is 0 Å². The van der Waals surface area contributed by atoms with Gasteiger partial charge < -0.3 is 9.74 Å². The fraction of sp³-hybridized carbons (Fsp3) is 1.00. The Morgan fingerprint density at radius 2 is 1.53 bits per heavy atom. The first kappa shape index (κ1) is 15.1. The molecule has 2 nitrogen and oxygen atoms in total. The van der Waals surface area contributed by atoms with Crippen molar-refractivity contribution in [2.75, 3.05) is 19.7 Å². The molecule has 0 spiro atoms. The van der Waals surface area contributed by atoms with Crippen LogP contribution in [0.1, 0.15) is 40.5 Å². The smallest absolute Gasteiger partial charge is 0.192 e. The molecule has 0 heterocycles. The fourth-order valence-corrected chi connectivity index (χ4v) is 4.47. The molecule has 0 aromatic carbocycles. The summed E-state index contributed by atoms with van der Waals surface area (Å²) in [5.74, 6) is 0.